The van der Waals surface area contributed by atoms with Gasteiger partial charge in [-0.05, 0) is 24.0 Å². The molecule has 1 atom stereocenters. The summed E-state index contributed by atoms with van der Waals surface area (Å²) in [7, 11) is 0. The van der Waals surface area contributed by atoms with Gasteiger partial charge < -0.3 is 5.11 Å². The van der Waals surface area contributed by atoms with E-state index in [2.05, 4.69) is 0 Å². The Morgan fingerprint density at radius 1 is 1.36 bits per heavy atom. The van der Waals surface area contributed by atoms with Gasteiger partial charge in [-0.1, -0.05) is 38.1 Å². The minimum Gasteiger partial charge on any atom is -0.378 e. The summed E-state index contributed by atoms with van der Waals surface area (Å²) >= 11 is 0. The lowest BCUT2D eigenvalue weighted by molar-refractivity contribution is -0.123. The lowest BCUT2D eigenvalue weighted by atomic mass is 9.88. The molecule has 0 heterocycles. The molecule has 1 unspecified atom stereocenters. The highest BCUT2D eigenvalue weighted by atomic mass is 16.3. The van der Waals surface area contributed by atoms with Gasteiger partial charge in [-0.2, -0.15) is 0 Å². The fraction of sp³-hybridized carbons (Fsp3) is 0.417. The van der Waals surface area contributed by atoms with E-state index in [-0.39, 0.29) is 0 Å². The lowest BCUT2D eigenvalue weighted by Gasteiger charge is -2.21. The Morgan fingerprint density at radius 2 is 1.93 bits per heavy atom. The molecule has 0 saturated heterocycles. The third-order valence-electron chi connectivity index (χ3n) is 2.36. The van der Waals surface area contributed by atoms with Crippen molar-refractivity contribution in [2.24, 2.45) is 0 Å². The topological polar surface area (TPSA) is 37.3 Å². The number of aliphatic hydroxyl groups is 1. The van der Waals surface area contributed by atoms with E-state index in [1.165, 1.54) is 6.92 Å². The fourth-order valence-electron chi connectivity index (χ4n) is 1.52. The summed E-state index contributed by atoms with van der Waals surface area (Å²) < 4.78 is 0. The third kappa shape index (κ3) is 2.02. The van der Waals surface area contributed by atoms with Crippen LogP contribution in [0, 0.1) is 0 Å². The maximum atomic E-state index is 10.8. The first-order valence-electron chi connectivity index (χ1n) is 4.77. The molecule has 14 heavy (non-hydrogen) atoms. The normalized spacial score (nSPS) is 15.2. The molecule has 0 aromatic heterocycles. The van der Waals surface area contributed by atoms with Crippen LogP contribution in [0.15, 0.2) is 24.3 Å². The van der Waals surface area contributed by atoms with E-state index >= 15 is 0 Å². The van der Waals surface area contributed by atoms with E-state index in [0.29, 0.717) is 17.8 Å². The Hall–Kier alpha value is -1.15. The summed E-state index contributed by atoms with van der Waals surface area (Å²) in [6, 6.07) is 7.49. The van der Waals surface area contributed by atoms with Crippen molar-refractivity contribution in [3.63, 3.8) is 0 Å². The predicted octanol–water partition coefficient (Wildman–Crippen LogP) is 2.22. The van der Waals surface area contributed by atoms with Crippen LogP contribution in [0.25, 0.3) is 0 Å². The number of rotatable bonds is 3. The second-order valence-corrected chi connectivity index (χ2v) is 4.01. The van der Waals surface area contributed by atoms with Crippen molar-refractivity contribution in [1.82, 2.24) is 0 Å². The second kappa shape index (κ2) is 3.93. The Morgan fingerprint density at radius 3 is 2.43 bits per heavy atom. The summed E-state index contributed by atoms with van der Waals surface area (Å²) in [5.41, 5.74) is 0.343. The molecular formula is C12H16O2. The van der Waals surface area contributed by atoms with E-state index in [9.17, 15) is 9.90 Å². The molecule has 0 fully saturated rings. The monoisotopic (exact) mass is 192 g/mol. The molecule has 0 aliphatic rings. The average molecular weight is 192 g/mol. The van der Waals surface area contributed by atoms with Gasteiger partial charge in [0, 0.05) is 0 Å². The van der Waals surface area contributed by atoms with Crippen LogP contribution in [-0.4, -0.2) is 11.4 Å². The molecule has 1 rings (SSSR count). The first-order chi connectivity index (χ1) is 6.49. The van der Waals surface area contributed by atoms with Crippen molar-refractivity contribution in [2.75, 3.05) is 0 Å². The SMILES string of the molecule is CC(C)c1ccccc1C(C)(O)C=O. The zero-order valence-corrected chi connectivity index (χ0v) is 8.82. The van der Waals surface area contributed by atoms with Gasteiger partial charge in [0.1, 0.15) is 5.60 Å². The largest absolute Gasteiger partial charge is 0.378 e. The summed E-state index contributed by atoms with van der Waals surface area (Å²) in [5.74, 6) is 0.303. The van der Waals surface area contributed by atoms with Crippen LogP contribution in [-0.2, 0) is 10.4 Å². The summed E-state index contributed by atoms with van der Waals surface area (Å²) in [6.45, 7) is 5.60. The molecule has 0 bridgehead atoms. The molecule has 2 heteroatoms. The summed E-state index contributed by atoms with van der Waals surface area (Å²) in [4.78, 5) is 10.8. The third-order valence-corrected chi connectivity index (χ3v) is 2.36. The lowest BCUT2D eigenvalue weighted by Crippen LogP contribution is -2.24. The quantitative estimate of drug-likeness (QED) is 0.745. The molecule has 1 aromatic rings. The molecule has 0 aliphatic heterocycles. The first kappa shape index (κ1) is 10.9. The number of carbonyl (C=O) groups excluding carboxylic acids is 1. The number of aldehydes is 1. The van der Waals surface area contributed by atoms with Crippen LogP contribution in [0.4, 0.5) is 0 Å². The molecule has 0 radical (unpaired) electrons. The van der Waals surface area contributed by atoms with Gasteiger partial charge in [-0.3, -0.25) is 4.79 Å². The van der Waals surface area contributed by atoms with Crippen molar-refractivity contribution in [3.8, 4) is 0 Å². The highest BCUT2D eigenvalue weighted by Crippen LogP contribution is 2.27. The summed E-state index contributed by atoms with van der Waals surface area (Å²) in [6.07, 6.45) is 0.578. The summed E-state index contributed by atoms with van der Waals surface area (Å²) in [5, 5.41) is 9.86. The Bertz CT molecular complexity index is 327. The average Bonchev–Trinajstić information content (AvgIpc) is 2.18. The van der Waals surface area contributed by atoms with E-state index in [1.807, 2.05) is 32.0 Å². The van der Waals surface area contributed by atoms with Crippen molar-refractivity contribution < 1.29 is 9.90 Å². The molecule has 0 amide bonds. The van der Waals surface area contributed by atoms with Gasteiger partial charge in [0.2, 0.25) is 0 Å². The molecule has 1 aromatic carbocycles. The first-order valence-corrected chi connectivity index (χ1v) is 4.77. The molecule has 2 nitrogen and oxygen atoms in total. The zero-order valence-electron chi connectivity index (χ0n) is 8.82. The molecule has 0 saturated carbocycles. The molecule has 0 aliphatic carbocycles. The van der Waals surface area contributed by atoms with E-state index in [1.54, 1.807) is 6.07 Å². The highest BCUT2D eigenvalue weighted by Gasteiger charge is 2.25. The van der Waals surface area contributed by atoms with E-state index in [4.69, 9.17) is 0 Å². The minimum atomic E-state index is -1.37. The Balaban J connectivity index is 3.26. The van der Waals surface area contributed by atoms with Crippen LogP contribution in [0.3, 0.4) is 0 Å². The molecule has 76 valence electrons. The highest BCUT2D eigenvalue weighted by molar-refractivity contribution is 5.66. The number of hydrogen-bond donors (Lipinski definition) is 1. The number of benzene rings is 1. The minimum absolute atomic E-state index is 0.303. The van der Waals surface area contributed by atoms with Gasteiger partial charge in [-0.25, -0.2) is 0 Å². The predicted molar refractivity (Wildman–Crippen MR) is 56.2 cm³/mol. The van der Waals surface area contributed by atoms with E-state index < -0.39 is 5.60 Å². The maximum absolute atomic E-state index is 10.8. The van der Waals surface area contributed by atoms with E-state index in [0.717, 1.165) is 5.56 Å². The van der Waals surface area contributed by atoms with Crippen LogP contribution in [0.5, 0.6) is 0 Å². The Labute approximate surface area is 84.6 Å². The zero-order chi connectivity index (χ0) is 10.8. The van der Waals surface area contributed by atoms with Gasteiger partial charge in [0.25, 0.3) is 0 Å². The van der Waals surface area contributed by atoms with Gasteiger partial charge in [-0.15, -0.1) is 0 Å². The van der Waals surface area contributed by atoms with Crippen molar-refractivity contribution in [3.05, 3.63) is 35.4 Å². The van der Waals surface area contributed by atoms with Crippen molar-refractivity contribution >= 4 is 6.29 Å². The molecular weight excluding hydrogens is 176 g/mol. The van der Waals surface area contributed by atoms with Crippen molar-refractivity contribution in [1.29, 1.82) is 0 Å². The fourth-order valence-corrected chi connectivity index (χ4v) is 1.52. The van der Waals surface area contributed by atoms with Crippen LogP contribution < -0.4 is 0 Å². The number of hydrogen-bond acceptors (Lipinski definition) is 2. The maximum Gasteiger partial charge on any atom is 0.155 e. The van der Waals surface area contributed by atoms with Crippen LogP contribution in [0.2, 0.25) is 0 Å². The molecule has 0 spiro atoms. The van der Waals surface area contributed by atoms with Gasteiger partial charge in [0.05, 0.1) is 0 Å². The Kier molecular flexibility index (Phi) is 3.06. The standard InChI is InChI=1S/C12H16O2/c1-9(2)10-6-4-5-7-11(10)12(3,14)8-13/h4-9,14H,1-3H3. The number of carbonyl (C=O) groups is 1. The smallest absolute Gasteiger partial charge is 0.155 e. The van der Waals surface area contributed by atoms with Gasteiger partial charge >= 0.3 is 0 Å². The van der Waals surface area contributed by atoms with Crippen LogP contribution >= 0.6 is 0 Å². The van der Waals surface area contributed by atoms with Crippen LogP contribution in [0.1, 0.15) is 37.8 Å². The molecule has 1 N–H and O–H groups in total. The van der Waals surface area contributed by atoms with Gasteiger partial charge in [0.15, 0.2) is 6.29 Å². The second-order valence-electron chi connectivity index (χ2n) is 4.01. The van der Waals surface area contributed by atoms with Crippen molar-refractivity contribution in [2.45, 2.75) is 32.3 Å².